The maximum atomic E-state index is 5.23. The van der Waals surface area contributed by atoms with Crippen molar-refractivity contribution in [2.24, 2.45) is 0 Å². The standard InChI is InChI=1S/C43H25N5/c1-4-28-5-2-8-35-36-22-31(15-18-33(36)34(7-1)41(28)35)38-20-17-30-14-13-29-16-19-37(47-42(29)43(30)48-38)26-9-11-27(12-10-26)39-24-46-40(25-45-39)32-6-3-21-44-23-32/h1-25H. The molecule has 0 aliphatic heterocycles. The maximum absolute atomic E-state index is 5.23. The van der Waals surface area contributed by atoms with Gasteiger partial charge in [0.15, 0.2) is 0 Å². The van der Waals surface area contributed by atoms with Gasteiger partial charge in [0.2, 0.25) is 0 Å². The Morgan fingerprint density at radius 1 is 0.354 bits per heavy atom. The summed E-state index contributed by atoms with van der Waals surface area (Å²) in [5.41, 5.74) is 14.4. The number of hydrogen-bond acceptors (Lipinski definition) is 5. The van der Waals surface area contributed by atoms with Crippen molar-refractivity contribution in [1.29, 1.82) is 0 Å². The SMILES string of the molecule is c1cncc(-c2cnc(-c3ccc(-c4ccc5ccc6ccc(-c7ccc8c(c7)-c7cccc9cccc-8c79)nc6c5n4)cc3)cn2)c1. The van der Waals surface area contributed by atoms with Crippen LogP contribution in [0, 0.1) is 0 Å². The van der Waals surface area contributed by atoms with E-state index in [-0.39, 0.29) is 0 Å². The molecule has 0 saturated carbocycles. The quantitative estimate of drug-likeness (QED) is 0.185. The van der Waals surface area contributed by atoms with Crippen LogP contribution in [0.15, 0.2) is 152 Å². The van der Waals surface area contributed by atoms with E-state index in [2.05, 4.69) is 130 Å². The predicted octanol–water partition coefficient (Wildman–Crippen LogP) is 10.4. The first kappa shape index (κ1) is 26.6. The number of fused-ring (bicyclic) bond motifs is 6. The zero-order valence-corrected chi connectivity index (χ0v) is 25.7. The maximum Gasteiger partial charge on any atom is 0.0972 e. The fraction of sp³-hybridized carbons (Fsp3) is 0. The Hall–Kier alpha value is -6.59. The van der Waals surface area contributed by atoms with Crippen molar-refractivity contribution in [2.45, 2.75) is 0 Å². The number of pyridine rings is 3. The van der Waals surface area contributed by atoms with E-state index in [9.17, 15) is 0 Å². The molecule has 5 aromatic carbocycles. The summed E-state index contributed by atoms with van der Waals surface area (Å²) in [7, 11) is 0. The molecule has 1 aliphatic carbocycles. The molecular formula is C43H25N5. The highest BCUT2D eigenvalue weighted by Gasteiger charge is 2.21. The monoisotopic (exact) mass is 611 g/mol. The van der Waals surface area contributed by atoms with Gasteiger partial charge in [0.1, 0.15) is 0 Å². The molecule has 48 heavy (non-hydrogen) atoms. The van der Waals surface area contributed by atoms with Crippen molar-refractivity contribution < 1.29 is 0 Å². The molecule has 0 spiro atoms. The summed E-state index contributed by atoms with van der Waals surface area (Å²) in [5, 5.41) is 4.74. The minimum absolute atomic E-state index is 0.798. The summed E-state index contributed by atoms with van der Waals surface area (Å²) in [6.45, 7) is 0. The second-order valence-corrected chi connectivity index (χ2v) is 12.2. The van der Waals surface area contributed by atoms with Crippen molar-refractivity contribution in [2.75, 3.05) is 0 Å². The smallest absolute Gasteiger partial charge is 0.0972 e. The Kier molecular flexibility index (Phi) is 5.81. The van der Waals surface area contributed by atoms with Crippen molar-refractivity contribution in [3.63, 3.8) is 0 Å². The van der Waals surface area contributed by atoms with E-state index >= 15 is 0 Å². The number of hydrogen-bond donors (Lipinski definition) is 0. The van der Waals surface area contributed by atoms with Gasteiger partial charge >= 0.3 is 0 Å². The van der Waals surface area contributed by atoms with Crippen LogP contribution >= 0.6 is 0 Å². The van der Waals surface area contributed by atoms with Gasteiger partial charge in [-0.1, -0.05) is 97.1 Å². The van der Waals surface area contributed by atoms with Crippen molar-refractivity contribution in [1.82, 2.24) is 24.9 Å². The number of rotatable bonds is 4. The van der Waals surface area contributed by atoms with Crippen LogP contribution in [-0.4, -0.2) is 24.9 Å². The molecular weight excluding hydrogens is 587 g/mol. The van der Waals surface area contributed by atoms with Crippen molar-refractivity contribution in [3.8, 4) is 67.3 Å². The van der Waals surface area contributed by atoms with Gasteiger partial charge in [-0.15, -0.1) is 0 Å². The van der Waals surface area contributed by atoms with E-state index in [1.807, 2.05) is 12.1 Å². The minimum atomic E-state index is 0.798. The van der Waals surface area contributed by atoms with Crippen LogP contribution in [0.5, 0.6) is 0 Å². The zero-order valence-electron chi connectivity index (χ0n) is 25.7. The largest absolute Gasteiger partial charge is 0.264 e. The fourth-order valence-corrected chi connectivity index (χ4v) is 6.99. The molecule has 0 radical (unpaired) electrons. The molecule has 1 aliphatic rings. The Labute approximate surface area is 276 Å². The fourth-order valence-electron chi connectivity index (χ4n) is 6.99. The Morgan fingerprint density at radius 2 is 0.938 bits per heavy atom. The summed E-state index contributed by atoms with van der Waals surface area (Å²) >= 11 is 0. The molecule has 5 heteroatoms. The molecule has 0 amide bonds. The van der Waals surface area contributed by atoms with Crippen LogP contribution in [-0.2, 0) is 0 Å². The zero-order chi connectivity index (χ0) is 31.6. The lowest BCUT2D eigenvalue weighted by atomic mass is 9.99. The van der Waals surface area contributed by atoms with Gasteiger partial charge in [-0.25, -0.2) is 9.97 Å². The average Bonchev–Trinajstić information content (AvgIpc) is 3.49. The second-order valence-electron chi connectivity index (χ2n) is 12.2. The van der Waals surface area contributed by atoms with E-state index in [0.29, 0.717) is 0 Å². The Balaban J connectivity index is 1.01. The lowest BCUT2D eigenvalue weighted by molar-refractivity contribution is 1.20. The Bertz CT molecular complexity index is 2700. The molecule has 0 bridgehead atoms. The molecule has 9 aromatic rings. The number of aromatic nitrogens is 5. The molecule has 0 saturated heterocycles. The van der Waals surface area contributed by atoms with Gasteiger partial charge < -0.3 is 0 Å². The summed E-state index contributed by atoms with van der Waals surface area (Å²) in [6.07, 6.45) is 7.14. The molecule has 0 N–H and O–H groups in total. The van der Waals surface area contributed by atoms with Crippen LogP contribution in [0.2, 0.25) is 0 Å². The number of benzene rings is 5. The van der Waals surface area contributed by atoms with E-state index in [0.717, 1.165) is 66.8 Å². The van der Waals surface area contributed by atoms with Gasteiger partial charge in [-0.3, -0.25) is 15.0 Å². The predicted molar refractivity (Wildman–Crippen MR) is 194 cm³/mol. The van der Waals surface area contributed by atoms with E-state index < -0.39 is 0 Å². The third kappa shape index (κ3) is 4.22. The average molecular weight is 612 g/mol. The van der Waals surface area contributed by atoms with Gasteiger partial charge in [0.05, 0.1) is 46.2 Å². The summed E-state index contributed by atoms with van der Waals surface area (Å²) in [5.74, 6) is 0. The van der Waals surface area contributed by atoms with E-state index in [4.69, 9.17) is 9.97 Å². The van der Waals surface area contributed by atoms with Crippen LogP contribution in [0.4, 0.5) is 0 Å². The first-order chi connectivity index (χ1) is 23.8. The molecule has 5 nitrogen and oxygen atoms in total. The minimum Gasteiger partial charge on any atom is -0.264 e. The molecule has 0 fully saturated rings. The first-order valence-electron chi connectivity index (χ1n) is 16.0. The van der Waals surface area contributed by atoms with Crippen LogP contribution in [0.1, 0.15) is 0 Å². The highest BCUT2D eigenvalue weighted by atomic mass is 14.8. The van der Waals surface area contributed by atoms with Crippen LogP contribution in [0.3, 0.4) is 0 Å². The van der Waals surface area contributed by atoms with Gasteiger partial charge in [-0.05, 0) is 63.4 Å². The van der Waals surface area contributed by atoms with E-state index in [1.54, 1.807) is 24.8 Å². The third-order valence-electron chi connectivity index (χ3n) is 9.41. The Morgan fingerprint density at radius 3 is 1.58 bits per heavy atom. The van der Waals surface area contributed by atoms with Crippen LogP contribution in [0.25, 0.3) is 99.9 Å². The molecule has 0 atom stereocenters. The normalized spacial score (nSPS) is 11.8. The highest BCUT2D eigenvalue weighted by molar-refractivity contribution is 6.15. The molecule has 4 aromatic heterocycles. The lowest BCUT2D eigenvalue weighted by Gasteiger charge is -2.10. The summed E-state index contributed by atoms with van der Waals surface area (Å²) in [6, 6.07) is 44.8. The lowest BCUT2D eigenvalue weighted by Crippen LogP contribution is -1.92. The molecule has 10 rings (SSSR count). The van der Waals surface area contributed by atoms with Crippen molar-refractivity contribution >= 4 is 32.6 Å². The van der Waals surface area contributed by atoms with Gasteiger partial charge in [0, 0.05) is 45.4 Å². The third-order valence-corrected chi connectivity index (χ3v) is 9.41. The molecule has 0 unspecified atom stereocenters. The van der Waals surface area contributed by atoms with Crippen LogP contribution < -0.4 is 0 Å². The van der Waals surface area contributed by atoms with Gasteiger partial charge in [-0.2, -0.15) is 0 Å². The molecule has 222 valence electrons. The highest BCUT2D eigenvalue weighted by Crippen LogP contribution is 2.48. The number of nitrogens with zero attached hydrogens (tertiary/aromatic N) is 5. The summed E-state index contributed by atoms with van der Waals surface area (Å²) < 4.78 is 0. The first-order valence-corrected chi connectivity index (χ1v) is 16.0. The van der Waals surface area contributed by atoms with Crippen molar-refractivity contribution in [3.05, 3.63) is 152 Å². The van der Waals surface area contributed by atoms with Gasteiger partial charge in [0.25, 0.3) is 0 Å². The topological polar surface area (TPSA) is 64.5 Å². The summed E-state index contributed by atoms with van der Waals surface area (Å²) in [4.78, 5) is 23.9. The molecule has 4 heterocycles. The second kappa shape index (κ2) is 10.5. The van der Waals surface area contributed by atoms with E-state index in [1.165, 1.54) is 33.0 Å².